The van der Waals surface area contributed by atoms with Crippen molar-refractivity contribution in [1.82, 2.24) is 0 Å². The Bertz CT molecular complexity index is 817. The lowest BCUT2D eigenvalue weighted by molar-refractivity contribution is 0.0179. The zero-order chi connectivity index (χ0) is 23.2. The Kier molecular flexibility index (Phi) is 11.7. The summed E-state index contributed by atoms with van der Waals surface area (Å²) in [7, 11) is 0. The van der Waals surface area contributed by atoms with E-state index < -0.39 is 17.4 Å². The molecule has 0 amide bonds. The summed E-state index contributed by atoms with van der Waals surface area (Å²) in [6.45, 7) is 7.93. The van der Waals surface area contributed by atoms with E-state index in [4.69, 9.17) is 24.7 Å². The number of nitrogens with one attached hydrogen (secondary N) is 1. The lowest BCUT2D eigenvalue weighted by Gasteiger charge is -2.11. The molecule has 0 saturated carbocycles. The van der Waals surface area contributed by atoms with Crippen LogP contribution in [0.3, 0.4) is 0 Å². The van der Waals surface area contributed by atoms with Crippen molar-refractivity contribution in [3.63, 3.8) is 0 Å². The van der Waals surface area contributed by atoms with Gasteiger partial charge in [0.1, 0.15) is 5.75 Å². The smallest absolute Gasteiger partial charge is 0.198 e. The minimum absolute atomic E-state index is 0.340. The van der Waals surface area contributed by atoms with Gasteiger partial charge in [0.15, 0.2) is 17.4 Å². The molecular formula is C24H32F2N2O4. The lowest BCUT2D eigenvalue weighted by Crippen LogP contribution is -2.15. The highest BCUT2D eigenvalue weighted by molar-refractivity contribution is 5.54. The van der Waals surface area contributed by atoms with Crippen LogP contribution < -0.4 is 15.8 Å². The normalized spacial score (nSPS) is 10.8. The summed E-state index contributed by atoms with van der Waals surface area (Å²) >= 11 is 0. The van der Waals surface area contributed by atoms with E-state index in [0.29, 0.717) is 64.0 Å². The van der Waals surface area contributed by atoms with Gasteiger partial charge in [0.05, 0.1) is 39.6 Å². The predicted molar refractivity (Wildman–Crippen MR) is 122 cm³/mol. The first-order valence-electron chi connectivity index (χ1n) is 10.6. The molecule has 6 nitrogen and oxygen atoms in total. The molecule has 0 spiro atoms. The Balaban J connectivity index is 1.69. The van der Waals surface area contributed by atoms with Crippen LogP contribution >= 0.6 is 0 Å². The molecule has 0 aliphatic carbocycles. The third kappa shape index (κ3) is 9.74. The second kappa shape index (κ2) is 14.5. The Hall–Kier alpha value is -2.52. The first-order chi connectivity index (χ1) is 15.5. The Morgan fingerprint density at radius 1 is 0.875 bits per heavy atom. The number of halogens is 2. The lowest BCUT2D eigenvalue weighted by atomic mass is 10.1. The number of rotatable bonds is 15. The van der Waals surface area contributed by atoms with Crippen LogP contribution in [0, 0.1) is 11.6 Å². The fraction of sp³-hybridized carbons (Fsp3) is 0.417. The number of anilines is 1. The number of hydrogen-bond donors (Lipinski definition) is 2. The van der Waals surface area contributed by atoms with Crippen LogP contribution in [0.5, 0.6) is 11.5 Å². The molecule has 0 fully saturated rings. The van der Waals surface area contributed by atoms with Crippen molar-refractivity contribution in [2.75, 3.05) is 58.0 Å². The van der Waals surface area contributed by atoms with Crippen LogP contribution in [0.2, 0.25) is 0 Å². The Labute approximate surface area is 188 Å². The van der Waals surface area contributed by atoms with Crippen LogP contribution in [0.4, 0.5) is 14.5 Å². The highest BCUT2D eigenvalue weighted by Crippen LogP contribution is 2.30. The minimum atomic E-state index is -0.746. The van der Waals surface area contributed by atoms with Gasteiger partial charge in [-0.2, -0.15) is 0 Å². The summed E-state index contributed by atoms with van der Waals surface area (Å²) in [6.07, 6.45) is 1.70. The van der Waals surface area contributed by atoms with Gasteiger partial charge < -0.3 is 30.0 Å². The maximum atomic E-state index is 14.3. The zero-order valence-electron chi connectivity index (χ0n) is 18.7. The third-order valence-electron chi connectivity index (χ3n) is 4.13. The zero-order valence-corrected chi connectivity index (χ0v) is 18.7. The van der Waals surface area contributed by atoms with Gasteiger partial charge in [-0.15, -0.1) is 0 Å². The Morgan fingerprint density at radius 3 is 2.00 bits per heavy atom. The van der Waals surface area contributed by atoms with E-state index in [0.717, 1.165) is 11.3 Å². The first kappa shape index (κ1) is 25.7. The quantitative estimate of drug-likeness (QED) is 0.386. The highest BCUT2D eigenvalue weighted by Gasteiger charge is 2.13. The van der Waals surface area contributed by atoms with Crippen molar-refractivity contribution in [2.24, 2.45) is 5.73 Å². The van der Waals surface area contributed by atoms with E-state index in [9.17, 15) is 8.78 Å². The van der Waals surface area contributed by atoms with Crippen LogP contribution in [-0.2, 0) is 14.2 Å². The van der Waals surface area contributed by atoms with Gasteiger partial charge in [-0.1, -0.05) is 11.6 Å². The van der Waals surface area contributed by atoms with E-state index >= 15 is 0 Å². The molecule has 32 heavy (non-hydrogen) atoms. The number of allylic oxidation sites excluding steroid dienone is 1. The average molecular weight is 451 g/mol. The van der Waals surface area contributed by atoms with Crippen molar-refractivity contribution in [2.45, 2.75) is 13.8 Å². The van der Waals surface area contributed by atoms with Gasteiger partial charge in [-0.25, -0.2) is 8.78 Å². The molecule has 0 aromatic heterocycles. The molecule has 3 N–H and O–H groups in total. The van der Waals surface area contributed by atoms with Crippen LogP contribution in [0.25, 0.3) is 6.08 Å². The van der Waals surface area contributed by atoms with Crippen molar-refractivity contribution in [3.8, 4) is 11.5 Å². The molecular weight excluding hydrogens is 418 g/mol. The van der Waals surface area contributed by atoms with Crippen LogP contribution in [-0.4, -0.2) is 52.7 Å². The third-order valence-corrected chi connectivity index (χ3v) is 4.13. The van der Waals surface area contributed by atoms with Gasteiger partial charge in [0.25, 0.3) is 0 Å². The fourth-order valence-electron chi connectivity index (χ4n) is 2.75. The maximum Gasteiger partial charge on any atom is 0.198 e. The minimum Gasteiger partial charge on any atom is -0.451 e. The SMILES string of the molecule is CC(C)=Cc1cc(F)c(Oc2ccc(NCCOCCOCCOCCN)cc2)c(F)c1. The standard InChI is InChI=1S/C24H32F2N2O4/c1-18(2)15-19-16-22(25)24(23(26)17-19)32-21-5-3-20(4-6-21)28-8-10-30-12-14-31-13-11-29-9-7-27/h3-6,15-17,28H,7-14,27H2,1-2H3. The van der Waals surface area contributed by atoms with Crippen molar-refractivity contribution >= 4 is 11.8 Å². The van der Waals surface area contributed by atoms with Crippen molar-refractivity contribution in [3.05, 3.63) is 59.2 Å². The van der Waals surface area contributed by atoms with Crippen molar-refractivity contribution < 1.29 is 27.7 Å². The molecule has 8 heteroatoms. The molecule has 0 radical (unpaired) electrons. The van der Waals surface area contributed by atoms with Gasteiger partial charge in [0.2, 0.25) is 0 Å². The van der Waals surface area contributed by atoms with E-state index in [-0.39, 0.29) is 0 Å². The Morgan fingerprint density at radius 2 is 1.44 bits per heavy atom. The van der Waals surface area contributed by atoms with Gasteiger partial charge in [-0.3, -0.25) is 0 Å². The van der Waals surface area contributed by atoms with Gasteiger partial charge in [0, 0.05) is 18.8 Å². The first-order valence-corrected chi connectivity index (χ1v) is 10.6. The van der Waals surface area contributed by atoms with E-state index in [1.54, 1.807) is 30.3 Å². The second-order valence-corrected chi connectivity index (χ2v) is 7.21. The number of ether oxygens (including phenoxy) is 4. The van der Waals surface area contributed by atoms with Crippen LogP contribution in [0.15, 0.2) is 42.0 Å². The highest BCUT2D eigenvalue weighted by atomic mass is 19.1. The summed E-state index contributed by atoms with van der Waals surface area (Å²) in [5.41, 5.74) is 7.56. The number of nitrogens with two attached hydrogens (primary N) is 1. The number of benzene rings is 2. The van der Waals surface area contributed by atoms with Gasteiger partial charge >= 0.3 is 0 Å². The fourth-order valence-corrected chi connectivity index (χ4v) is 2.75. The summed E-state index contributed by atoms with van der Waals surface area (Å²) < 4.78 is 50.0. The molecule has 0 saturated heterocycles. The molecule has 2 rings (SSSR count). The predicted octanol–water partition coefficient (Wildman–Crippen LogP) is 4.60. The molecule has 0 atom stereocenters. The molecule has 0 bridgehead atoms. The second-order valence-electron chi connectivity index (χ2n) is 7.21. The summed E-state index contributed by atoms with van der Waals surface area (Å²) in [4.78, 5) is 0. The summed E-state index contributed by atoms with van der Waals surface area (Å²) in [5.74, 6) is -1.57. The summed E-state index contributed by atoms with van der Waals surface area (Å²) in [6, 6.07) is 9.34. The summed E-state index contributed by atoms with van der Waals surface area (Å²) in [5, 5.41) is 3.20. The van der Waals surface area contributed by atoms with Gasteiger partial charge in [-0.05, 0) is 55.8 Å². The molecule has 0 unspecified atom stereocenters. The monoisotopic (exact) mass is 450 g/mol. The van der Waals surface area contributed by atoms with E-state index in [2.05, 4.69) is 5.32 Å². The molecule has 0 aliphatic rings. The van der Waals surface area contributed by atoms with E-state index in [1.165, 1.54) is 12.1 Å². The topological polar surface area (TPSA) is 75.0 Å². The molecule has 2 aromatic carbocycles. The van der Waals surface area contributed by atoms with E-state index in [1.807, 2.05) is 13.8 Å². The average Bonchev–Trinajstić information content (AvgIpc) is 2.75. The van der Waals surface area contributed by atoms with Crippen molar-refractivity contribution in [1.29, 1.82) is 0 Å². The maximum absolute atomic E-state index is 14.3. The largest absolute Gasteiger partial charge is 0.451 e. The molecule has 0 heterocycles. The number of hydrogen-bond acceptors (Lipinski definition) is 6. The van der Waals surface area contributed by atoms with Crippen LogP contribution in [0.1, 0.15) is 19.4 Å². The molecule has 176 valence electrons. The molecule has 0 aliphatic heterocycles. The molecule has 2 aromatic rings.